The Morgan fingerprint density at radius 3 is 2.74 bits per heavy atom. The molecule has 0 radical (unpaired) electrons. The summed E-state index contributed by atoms with van der Waals surface area (Å²) in [5, 5.41) is 11.5. The van der Waals surface area contributed by atoms with E-state index in [-0.39, 0.29) is 47.5 Å². The molecule has 1 aromatic carbocycles. The van der Waals surface area contributed by atoms with Gasteiger partial charge < -0.3 is 14.6 Å². The molecule has 0 atom stereocenters. The fourth-order valence-corrected chi connectivity index (χ4v) is 3.34. The molecule has 4 aromatic rings. The summed E-state index contributed by atoms with van der Waals surface area (Å²) in [7, 11) is 1.53. The minimum atomic E-state index is -0.514. The van der Waals surface area contributed by atoms with Gasteiger partial charge in [-0.1, -0.05) is 18.2 Å². The van der Waals surface area contributed by atoms with E-state index >= 15 is 0 Å². The first-order valence-corrected chi connectivity index (χ1v) is 9.60. The summed E-state index contributed by atoms with van der Waals surface area (Å²) in [5.74, 6) is -0.877. The summed E-state index contributed by atoms with van der Waals surface area (Å²) in [6, 6.07) is 12.3. The summed E-state index contributed by atoms with van der Waals surface area (Å²) < 4.78 is 21.1. The number of carbonyl (C=O) groups is 1. The molecule has 0 spiro atoms. The van der Waals surface area contributed by atoms with Crippen LogP contribution in [0.15, 0.2) is 59.5 Å². The molecule has 0 bridgehead atoms. The van der Waals surface area contributed by atoms with Crippen LogP contribution >= 0.6 is 0 Å². The molecule has 9 heteroatoms. The molecule has 8 nitrogen and oxygen atoms in total. The van der Waals surface area contributed by atoms with Gasteiger partial charge in [-0.15, -0.1) is 0 Å². The number of benzene rings is 1. The molecular formula is C22H20FN5O3. The number of fused-ring (bicyclic) bond motifs is 2. The number of amides is 1. The second kappa shape index (κ2) is 8.49. The zero-order chi connectivity index (χ0) is 22.0. The van der Waals surface area contributed by atoms with Gasteiger partial charge in [-0.25, -0.2) is 9.37 Å². The Balaban J connectivity index is 1.81. The van der Waals surface area contributed by atoms with Gasteiger partial charge in [0.25, 0.3) is 11.5 Å². The van der Waals surface area contributed by atoms with Crippen molar-refractivity contribution in [2.45, 2.75) is 13.1 Å². The highest BCUT2D eigenvalue weighted by atomic mass is 19.1. The van der Waals surface area contributed by atoms with Gasteiger partial charge >= 0.3 is 0 Å². The number of nitrogens with one attached hydrogen (secondary N) is 2. The van der Waals surface area contributed by atoms with E-state index in [0.29, 0.717) is 16.9 Å². The van der Waals surface area contributed by atoms with Gasteiger partial charge in [0.05, 0.1) is 17.6 Å². The number of carbonyl (C=O) groups excluding carboxylic acids is 1. The molecule has 0 saturated carbocycles. The van der Waals surface area contributed by atoms with E-state index < -0.39 is 5.91 Å². The number of ether oxygens (including phenoxy) is 1. The van der Waals surface area contributed by atoms with Crippen molar-refractivity contribution >= 4 is 22.6 Å². The Hall–Kier alpha value is -3.85. The third-order valence-corrected chi connectivity index (χ3v) is 4.95. The predicted octanol–water partition coefficient (Wildman–Crippen LogP) is 1.84. The third-order valence-electron chi connectivity index (χ3n) is 4.95. The normalized spacial score (nSPS) is 11.2. The zero-order valence-electron chi connectivity index (χ0n) is 16.8. The number of hydrogen-bond donors (Lipinski definition) is 2. The molecule has 0 fully saturated rings. The van der Waals surface area contributed by atoms with Crippen molar-refractivity contribution in [3.05, 3.63) is 87.5 Å². The topological polar surface area (TPSA) is 101 Å². The predicted molar refractivity (Wildman–Crippen MR) is 112 cm³/mol. The Morgan fingerprint density at radius 2 is 2.00 bits per heavy atom. The second-order valence-corrected chi connectivity index (χ2v) is 6.94. The van der Waals surface area contributed by atoms with Gasteiger partial charge in [0, 0.05) is 26.4 Å². The van der Waals surface area contributed by atoms with Gasteiger partial charge in [-0.3, -0.25) is 19.4 Å². The minimum Gasteiger partial charge on any atom is -0.383 e. The molecule has 3 heterocycles. The van der Waals surface area contributed by atoms with E-state index in [1.807, 2.05) is 0 Å². The number of nitrogens with zero attached hydrogens (tertiary/aromatic N) is 3. The maximum Gasteiger partial charge on any atom is 0.267 e. The lowest BCUT2D eigenvalue weighted by atomic mass is 10.1. The highest BCUT2D eigenvalue weighted by molar-refractivity contribution is 5.96. The number of pyridine rings is 2. The minimum absolute atomic E-state index is 0.0421. The van der Waals surface area contributed by atoms with E-state index in [0.717, 1.165) is 0 Å². The van der Waals surface area contributed by atoms with Crippen molar-refractivity contribution in [2.24, 2.45) is 0 Å². The van der Waals surface area contributed by atoms with Crippen molar-refractivity contribution in [3.8, 4) is 0 Å². The van der Waals surface area contributed by atoms with Gasteiger partial charge in [0.2, 0.25) is 0 Å². The molecule has 0 aliphatic rings. The van der Waals surface area contributed by atoms with Crippen molar-refractivity contribution in [1.29, 1.82) is 5.41 Å². The number of rotatable bonds is 6. The van der Waals surface area contributed by atoms with Gasteiger partial charge in [-0.05, 0) is 35.9 Å². The highest BCUT2D eigenvalue weighted by Gasteiger charge is 2.17. The molecule has 31 heavy (non-hydrogen) atoms. The molecule has 3 aromatic heterocycles. The number of hydrogen-bond acceptors (Lipinski definition) is 5. The molecular weight excluding hydrogens is 401 g/mol. The van der Waals surface area contributed by atoms with Crippen LogP contribution < -0.4 is 16.4 Å². The quantitative estimate of drug-likeness (QED) is 0.464. The Labute approximate surface area is 176 Å². The maximum atomic E-state index is 13.1. The van der Waals surface area contributed by atoms with Crippen LogP contribution in [0, 0.1) is 11.2 Å². The van der Waals surface area contributed by atoms with Crippen LogP contribution in [0.3, 0.4) is 0 Å². The van der Waals surface area contributed by atoms with Crippen LogP contribution in [0.2, 0.25) is 0 Å². The third kappa shape index (κ3) is 3.95. The van der Waals surface area contributed by atoms with Crippen LogP contribution in [-0.4, -0.2) is 33.6 Å². The summed E-state index contributed by atoms with van der Waals surface area (Å²) >= 11 is 0. The summed E-state index contributed by atoms with van der Waals surface area (Å²) in [4.78, 5) is 30.5. The van der Waals surface area contributed by atoms with Crippen LogP contribution in [0.25, 0.3) is 16.7 Å². The van der Waals surface area contributed by atoms with Crippen LogP contribution in [0.1, 0.15) is 15.9 Å². The summed E-state index contributed by atoms with van der Waals surface area (Å²) in [6.07, 6.45) is 1.60. The molecule has 4 rings (SSSR count). The molecule has 1 amide bonds. The first kappa shape index (κ1) is 20.4. The van der Waals surface area contributed by atoms with Crippen molar-refractivity contribution in [2.75, 3.05) is 13.7 Å². The SMILES string of the molecule is COCCn1c(=N)c(C(=O)NCc2ccc(F)cc2)cc2c(=O)n3ccccc3nc21. The monoisotopic (exact) mass is 421 g/mol. The van der Waals surface area contributed by atoms with Gasteiger partial charge in [-0.2, -0.15) is 0 Å². The number of halogens is 1. The lowest BCUT2D eigenvalue weighted by molar-refractivity contribution is 0.0948. The fourth-order valence-electron chi connectivity index (χ4n) is 3.34. The van der Waals surface area contributed by atoms with E-state index in [2.05, 4.69) is 10.3 Å². The lowest BCUT2D eigenvalue weighted by Crippen LogP contribution is -2.35. The van der Waals surface area contributed by atoms with Gasteiger partial charge in [0.1, 0.15) is 22.6 Å². The number of aromatic nitrogens is 3. The van der Waals surface area contributed by atoms with E-state index in [4.69, 9.17) is 10.1 Å². The first-order valence-electron chi connectivity index (χ1n) is 9.60. The molecule has 2 N–H and O–H groups in total. The van der Waals surface area contributed by atoms with Crippen molar-refractivity contribution in [3.63, 3.8) is 0 Å². The Morgan fingerprint density at radius 1 is 1.23 bits per heavy atom. The lowest BCUT2D eigenvalue weighted by Gasteiger charge is -2.14. The van der Waals surface area contributed by atoms with E-state index in [1.54, 1.807) is 36.5 Å². The smallest absolute Gasteiger partial charge is 0.267 e. The molecule has 0 saturated heterocycles. The zero-order valence-corrected chi connectivity index (χ0v) is 16.8. The van der Waals surface area contributed by atoms with E-state index in [1.165, 1.54) is 34.3 Å². The highest BCUT2D eigenvalue weighted by Crippen LogP contribution is 2.11. The summed E-state index contributed by atoms with van der Waals surface area (Å²) in [5.41, 5.74) is 1.10. The Kier molecular flexibility index (Phi) is 5.59. The fraction of sp³-hybridized carbons (Fsp3) is 0.182. The molecule has 158 valence electrons. The Bertz CT molecular complexity index is 1390. The maximum absolute atomic E-state index is 13.1. The van der Waals surface area contributed by atoms with Gasteiger partial charge in [0.15, 0.2) is 0 Å². The summed E-state index contributed by atoms with van der Waals surface area (Å²) in [6.45, 7) is 0.687. The molecule has 0 aliphatic carbocycles. The van der Waals surface area contributed by atoms with Crippen LogP contribution in [0.4, 0.5) is 4.39 Å². The number of methoxy groups -OCH3 is 1. The average molecular weight is 421 g/mol. The largest absolute Gasteiger partial charge is 0.383 e. The van der Waals surface area contributed by atoms with Crippen LogP contribution in [0.5, 0.6) is 0 Å². The van der Waals surface area contributed by atoms with E-state index in [9.17, 15) is 14.0 Å². The second-order valence-electron chi connectivity index (χ2n) is 6.94. The van der Waals surface area contributed by atoms with Crippen molar-refractivity contribution in [1.82, 2.24) is 19.3 Å². The standard InChI is InChI=1S/C22H20FN5O3/c1-31-11-10-28-19(24)16(21(29)25-13-14-5-7-15(23)8-6-14)12-17-20(28)26-18-4-2-3-9-27(18)22(17)30/h2-9,12,24H,10-11,13H2,1H3,(H,25,29). The first-order chi connectivity index (χ1) is 15.0. The van der Waals surface area contributed by atoms with Crippen molar-refractivity contribution < 1.29 is 13.9 Å². The molecule has 0 aliphatic heterocycles. The average Bonchev–Trinajstić information content (AvgIpc) is 2.78. The molecule has 0 unspecified atom stereocenters. The van der Waals surface area contributed by atoms with Crippen LogP contribution in [-0.2, 0) is 17.8 Å².